The van der Waals surface area contributed by atoms with E-state index in [1.807, 2.05) is 55.4 Å². The second-order valence-electron chi connectivity index (χ2n) is 25.9. The molecule has 12 atom stereocenters. The zero-order chi connectivity index (χ0) is 65.3. The normalized spacial score (nSPS) is 27.0. The summed E-state index contributed by atoms with van der Waals surface area (Å²) < 4.78 is 0. The summed E-state index contributed by atoms with van der Waals surface area (Å²) in [6, 6.07) is -12.4. The number of carbonyl (C=O) groups excluding carboxylic acids is 11. The molecule has 0 radical (unpaired) electrons. The second-order valence-corrected chi connectivity index (χ2v) is 25.9. The van der Waals surface area contributed by atoms with E-state index in [0.717, 1.165) is 9.80 Å². The minimum absolute atomic E-state index is 0.0132. The van der Waals surface area contributed by atoms with Crippen LogP contribution >= 0.6 is 0 Å². The Morgan fingerprint density at radius 2 is 0.857 bits per heavy atom. The molecule has 1 heterocycles. The summed E-state index contributed by atoms with van der Waals surface area (Å²) in [5, 5.41) is 22.9. The number of nitrogens with zero attached hydrogens (tertiary/aromatic N) is 7. The van der Waals surface area contributed by atoms with E-state index < -0.39 is 156 Å². The fourth-order valence-corrected chi connectivity index (χ4v) is 10.6. The first-order valence-electron chi connectivity index (χ1n) is 30.2. The highest BCUT2D eigenvalue weighted by molar-refractivity contribution is 5.99. The third kappa shape index (κ3) is 21.0. The van der Waals surface area contributed by atoms with Crippen LogP contribution in [-0.2, 0) is 52.7 Å². The van der Waals surface area contributed by atoms with Crippen molar-refractivity contribution in [2.24, 2.45) is 47.2 Å². The van der Waals surface area contributed by atoms with Gasteiger partial charge in [0.25, 0.3) is 0 Å². The summed E-state index contributed by atoms with van der Waals surface area (Å²) in [6.07, 6.45) is -0.670. The van der Waals surface area contributed by atoms with Crippen molar-refractivity contribution in [2.45, 2.75) is 216 Å². The Hall–Kier alpha value is -5.91. The number of hydrogen-bond acceptors (Lipinski definition) is 13. The van der Waals surface area contributed by atoms with E-state index in [-0.39, 0.29) is 68.7 Å². The molecule has 0 saturated carbocycles. The Bertz CT molecular complexity index is 2260. The van der Waals surface area contributed by atoms with Gasteiger partial charge in [-0.15, -0.1) is 0 Å². The molecule has 482 valence electrons. The average molecular weight is 1190 g/mol. The Kier molecular flexibility index (Phi) is 31.1. The third-order valence-electron chi connectivity index (χ3n) is 16.0. The minimum Gasteiger partial charge on any atom is -0.390 e. The lowest BCUT2D eigenvalue weighted by molar-refractivity contribution is -0.157. The van der Waals surface area contributed by atoms with Crippen molar-refractivity contribution >= 4 is 65.0 Å². The molecule has 0 aliphatic carbocycles. The number of aliphatic hydroxyl groups is 1. The highest BCUT2D eigenvalue weighted by Gasteiger charge is 2.45. The van der Waals surface area contributed by atoms with Crippen molar-refractivity contribution in [3.05, 3.63) is 0 Å². The van der Waals surface area contributed by atoms with Gasteiger partial charge in [-0.3, -0.25) is 52.7 Å². The predicted octanol–water partition coefficient (Wildman–Crippen LogP) is 1.65. The number of nitrogens with one attached hydrogen (secondary N) is 4. The lowest BCUT2D eigenvalue weighted by Gasteiger charge is -2.41. The van der Waals surface area contributed by atoms with E-state index in [2.05, 4.69) is 21.3 Å². The SMILES string of the molecule is CC[C@@H]1NC(=O)[C@H]([C@H](O)[C@H](C)CCN)N(C)C(=O)[C@H](C(C)C)N(C)C(=O)[C@H](CC(C)C)N(C)C(=O)[C@H](CC(C)C)N(C)C(=O)[C@@H](C)NC(=O)[C@H](C)NC(=O)[C@H](CC(C)C)N(C)C(=O)[C@H](C(C)C)NC(=O)[C@H](CC(C)C)N(C)C(=O)CN(C)C1=O. The van der Waals surface area contributed by atoms with Gasteiger partial charge >= 0.3 is 0 Å². The zero-order valence-electron chi connectivity index (χ0n) is 55.2. The molecule has 1 aliphatic heterocycles. The zero-order valence-corrected chi connectivity index (χ0v) is 55.2. The molecule has 1 fully saturated rings. The predicted molar refractivity (Wildman–Crippen MR) is 323 cm³/mol. The summed E-state index contributed by atoms with van der Waals surface area (Å²) in [5.41, 5.74) is 5.91. The van der Waals surface area contributed by atoms with Gasteiger partial charge in [-0.2, -0.15) is 0 Å². The van der Waals surface area contributed by atoms with Crippen molar-refractivity contribution in [1.29, 1.82) is 0 Å². The van der Waals surface area contributed by atoms with Crippen LogP contribution in [0.25, 0.3) is 0 Å². The topological polar surface area (TPSA) is 305 Å². The van der Waals surface area contributed by atoms with Crippen LogP contribution in [0.2, 0.25) is 0 Å². The highest BCUT2D eigenvalue weighted by atomic mass is 16.3. The maximum absolute atomic E-state index is 15.1. The summed E-state index contributed by atoms with van der Waals surface area (Å²) in [5.74, 6) is -9.86. The second kappa shape index (κ2) is 34.3. The fourth-order valence-electron chi connectivity index (χ4n) is 10.6. The Labute approximate surface area is 502 Å². The third-order valence-corrected chi connectivity index (χ3v) is 16.0. The maximum atomic E-state index is 15.1. The molecule has 24 heteroatoms. The van der Waals surface area contributed by atoms with Crippen molar-refractivity contribution in [3.63, 3.8) is 0 Å². The Balaban J connectivity index is 4.30. The van der Waals surface area contributed by atoms with Crippen LogP contribution in [0.1, 0.15) is 149 Å². The fraction of sp³-hybridized carbons (Fsp3) is 0.817. The van der Waals surface area contributed by atoms with E-state index >= 15 is 9.59 Å². The molecular formula is C60H110N12O12. The first-order chi connectivity index (χ1) is 38.7. The lowest BCUT2D eigenvalue weighted by atomic mass is 9.91. The van der Waals surface area contributed by atoms with Gasteiger partial charge in [0, 0.05) is 49.3 Å². The average Bonchev–Trinajstić information content (AvgIpc) is 2.71. The standard InChI is InChI=1S/C60H110N12O12/c1-24-41-56(80)66(17)31-46(73)67(18)42(27-32(2)3)53(77)65-47(36(10)11)59(83)68(19)43(28-33(4)5)52(76)62-39(15)51(75)63-40(16)55(79)69(20)44(29-34(6)7)57(81)70(21)45(30-35(8)9)58(82)71(22)48(37(12)13)60(84)72(23)49(54(78)64-41)50(74)38(14)25-26-61/h32-45,47-50,74H,24-31,61H2,1-23H3,(H,62,76)(H,63,75)(H,64,78)(H,65,77)/t38-,39+,40-,41+,42+,43+,44+,45+,47+,48+,49+,50-/m1/s1. The summed E-state index contributed by atoms with van der Waals surface area (Å²) >= 11 is 0. The minimum atomic E-state index is -1.63. The largest absolute Gasteiger partial charge is 0.390 e. The number of aliphatic hydroxyl groups excluding tert-OH is 1. The molecule has 0 unspecified atom stereocenters. The van der Waals surface area contributed by atoms with Gasteiger partial charge in [0.1, 0.15) is 60.4 Å². The Morgan fingerprint density at radius 1 is 0.452 bits per heavy atom. The molecular weight excluding hydrogens is 1080 g/mol. The van der Waals surface area contributed by atoms with Gasteiger partial charge < -0.3 is 66.4 Å². The van der Waals surface area contributed by atoms with Crippen molar-refractivity contribution < 1.29 is 57.8 Å². The molecule has 11 amide bonds. The highest BCUT2D eigenvalue weighted by Crippen LogP contribution is 2.25. The van der Waals surface area contributed by atoms with E-state index in [4.69, 9.17) is 5.73 Å². The number of hydrogen-bond donors (Lipinski definition) is 6. The van der Waals surface area contributed by atoms with Gasteiger partial charge in [0.15, 0.2) is 0 Å². The quantitative estimate of drug-likeness (QED) is 0.136. The van der Waals surface area contributed by atoms with Crippen molar-refractivity contribution in [1.82, 2.24) is 55.6 Å². The number of likely N-dealkylation sites (N-methyl/N-ethyl adjacent to an activating group) is 7. The maximum Gasteiger partial charge on any atom is 0.246 e. The molecule has 0 aromatic carbocycles. The lowest BCUT2D eigenvalue weighted by Crippen LogP contribution is -2.63. The Morgan fingerprint density at radius 3 is 1.30 bits per heavy atom. The molecule has 84 heavy (non-hydrogen) atoms. The van der Waals surface area contributed by atoms with E-state index in [1.54, 1.807) is 41.5 Å². The van der Waals surface area contributed by atoms with Crippen molar-refractivity contribution in [2.75, 3.05) is 62.4 Å². The van der Waals surface area contributed by atoms with Gasteiger partial charge in [-0.05, 0) is 100 Å². The van der Waals surface area contributed by atoms with Gasteiger partial charge in [0.05, 0.1) is 12.6 Å². The summed E-state index contributed by atoms with van der Waals surface area (Å²) in [4.78, 5) is 168. The molecule has 0 bridgehead atoms. The van der Waals surface area contributed by atoms with Crippen LogP contribution in [0.5, 0.6) is 0 Å². The summed E-state index contributed by atoms with van der Waals surface area (Å²) in [7, 11) is 9.85. The smallest absolute Gasteiger partial charge is 0.246 e. The van der Waals surface area contributed by atoms with Crippen LogP contribution in [-0.4, -0.2) is 233 Å². The first-order valence-corrected chi connectivity index (χ1v) is 30.2. The molecule has 7 N–H and O–H groups in total. The van der Waals surface area contributed by atoms with Gasteiger partial charge in [-0.1, -0.05) is 96.9 Å². The molecule has 24 nitrogen and oxygen atoms in total. The van der Waals surface area contributed by atoms with Crippen LogP contribution in [0.15, 0.2) is 0 Å². The van der Waals surface area contributed by atoms with E-state index in [1.165, 1.54) is 87.7 Å². The number of rotatable bonds is 15. The molecule has 0 aromatic heterocycles. The van der Waals surface area contributed by atoms with Crippen LogP contribution in [0.4, 0.5) is 0 Å². The monoisotopic (exact) mass is 1190 g/mol. The van der Waals surface area contributed by atoms with E-state index in [0.29, 0.717) is 0 Å². The van der Waals surface area contributed by atoms with Crippen LogP contribution in [0, 0.1) is 41.4 Å². The molecule has 0 aromatic rings. The van der Waals surface area contributed by atoms with Crippen LogP contribution in [0.3, 0.4) is 0 Å². The van der Waals surface area contributed by atoms with Gasteiger partial charge in [-0.25, -0.2) is 0 Å². The molecule has 1 saturated heterocycles. The van der Waals surface area contributed by atoms with E-state index in [9.17, 15) is 48.3 Å². The number of amides is 11. The number of nitrogens with two attached hydrogens (primary N) is 1. The molecule has 0 spiro atoms. The van der Waals surface area contributed by atoms with Gasteiger partial charge in [0.2, 0.25) is 65.0 Å². The molecule has 1 aliphatic rings. The molecule has 1 rings (SSSR count). The van der Waals surface area contributed by atoms with Crippen molar-refractivity contribution in [3.8, 4) is 0 Å². The first kappa shape index (κ1) is 76.1. The van der Waals surface area contributed by atoms with Crippen LogP contribution < -0.4 is 27.0 Å². The number of carbonyl (C=O) groups is 11. The summed E-state index contributed by atoms with van der Waals surface area (Å²) in [6.45, 7) is 27.5.